The van der Waals surface area contributed by atoms with E-state index in [4.69, 9.17) is 9.47 Å². The second-order valence-electron chi connectivity index (χ2n) is 4.71. The lowest BCUT2D eigenvalue weighted by molar-refractivity contribution is -0.118. The minimum Gasteiger partial charge on any atom is -0.484 e. The molecule has 2 aromatic rings. The molecule has 0 unspecified atom stereocenters. The van der Waals surface area contributed by atoms with Gasteiger partial charge in [-0.3, -0.25) is 4.79 Å². The van der Waals surface area contributed by atoms with Gasteiger partial charge in [-0.2, -0.15) is 0 Å². The summed E-state index contributed by atoms with van der Waals surface area (Å²) in [6, 6.07) is 10.6. The highest BCUT2D eigenvalue weighted by Gasteiger charge is 2.10. The molecule has 0 atom stereocenters. The first-order valence-electron chi connectivity index (χ1n) is 7.14. The molecule has 0 fully saturated rings. The number of anilines is 1. The van der Waals surface area contributed by atoms with Crippen LogP contribution >= 0.6 is 15.9 Å². The van der Waals surface area contributed by atoms with Crippen LogP contribution in [-0.4, -0.2) is 25.1 Å². The molecule has 0 radical (unpaired) electrons. The van der Waals surface area contributed by atoms with Crippen LogP contribution in [0.4, 0.5) is 10.1 Å². The maximum Gasteiger partial charge on any atom is 0.338 e. The van der Waals surface area contributed by atoms with E-state index in [0.29, 0.717) is 15.8 Å². The van der Waals surface area contributed by atoms with Crippen LogP contribution < -0.4 is 10.1 Å². The number of nitrogens with one attached hydrogen (secondary N) is 1. The Hall–Kier alpha value is -2.41. The molecule has 0 spiro atoms. The Kier molecular flexibility index (Phi) is 6.31. The van der Waals surface area contributed by atoms with Crippen LogP contribution in [0.3, 0.4) is 0 Å². The number of hydrogen-bond acceptors (Lipinski definition) is 4. The van der Waals surface area contributed by atoms with Crippen LogP contribution in [0.25, 0.3) is 0 Å². The van der Waals surface area contributed by atoms with Gasteiger partial charge in [0.2, 0.25) is 0 Å². The lowest BCUT2D eigenvalue weighted by Gasteiger charge is -2.09. The number of amides is 1. The molecule has 0 saturated carbocycles. The SMILES string of the molecule is CCOC(=O)c1cccc(OCC(=O)Nc2ccc(Br)cc2F)c1. The van der Waals surface area contributed by atoms with Crippen LogP contribution in [0, 0.1) is 5.82 Å². The van der Waals surface area contributed by atoms with Crippen molar-refractivity contribution in [2.45, 2.75) is 6.92 Å². The van der Waals surface area contributed by atoms with Gasteiger partial charge in [0.05, 0.1) is 17.9 Å². The van der Waals surface area contributed by atoms with Crippen molar-refractivity contribution in [3.8, 4) is 5.75 Å². The van der Waals surface area contributed by atoms with Gasteiger partial charge in [0, 0.05) is 4.47 Å². The zero-order valence-electron chi connectivity index (χ0n) is 12.8. The molecule has 0 heterocycles. The van der Waals surface area contributed by atoms with Gasteiger partial charge in [-0.05, 0) is 43.3 Å². The Morgan fingerprint density at radius 1 is 1.21 bits per heavy atom. The zero-order valence-corrected chi connectivity index (χ0v) is 14.4. The summed E-state index contributed by atoms with van der Waals surface area (Å²) in [5, 5.41) is 2.41. The predicted molar refractivity (Wildman–Crippen MR) is 90.6 cm³/mol. The van der Waals surface area contributed by atoms with E-state index in [9.17, 15) is 14.0 Å². The lowest BCUT2D eigenvalue weighted by atomic mass is 10.2. The van der Waals surface area contributed by atoms with Gasteiger partial charge in [0.1, 0.15) is 11.6 Å². The van der Waals surface area contributed by atoms with E-state index in [1.807, 2.05) is 0 Å². The standard InChI is InChI=1S/C17H15BrFNO4/c1-2-23-17(22)11-4-3-5-13(8-11)24-10-16(21)20-15-7-6-12(18)9-14(15)19/h3-9H,2,10H2,1H3,(H,20,21). The quantitative estimate of drug-likeness (QED) is 0.755. The first-order valence-corrected chi connectivity index (χ1v) is 7.93. The zero-order chi connectivity index (χ0) is 17.5. The number of benzene rings is 2. The molecule has 24 heavy (non-hydrogen) atoms. The van der Waals surface area contributed by atoms with Crippen LogP contribution in [0.1, 0.15) is 17.3 Å². The molecule has 0 aromatic heterocycles. The molecule has 126 valence electrons. The molecular formula is C17H15BrFNO4. The Labute approximate surface area is 146 Å². The molecule has 1 N–H and O–H groups in total. The number of halogens is 2. The largest absolute Gasteiger partial charge is 0.484 e. The number of hydrogen-bond donors (Lipinski definition) is 1. The summed E-state index contributed by atoms with van der Waals surface area (Å²) in [5.41, 5.74) is 0.390. The van der Waals surface area contributed by atoms with E-state index in [0.717, 1.165) is 0 Å². The lowest BCUT2D eigenvalue weighted by Crippen LogP contribution is -2.20. The Morgan fingerprint density at radius 3 is 2.71 bits per heavy atom. The molecule has 5 nitrogen and oxygen atoms in total. The molecule has 1 amide bonds. The molecule has 7 heteroatoms. The first kappa shape index (κ1) is 17.9. The number of esters is 1. The Bertz CT molecular complexity index is 751. The summed E-state index contributed by atoms with van der Waals surface area (Å²) in [6.07, 6.45) is 0. The molecule has 0 saturated heterocycles. The molecule has 2 aromatic carbocycles. The van der Waals surface area contributed by atoms with Crippen LogP contribution in [0.5, 0.6) is 5.75 Å². The normalized spacial score (nSPS) is 10.1. The highest BCUT2D eigenvalue weighted by atomic mass is 79.9. The van der Waals surface area contributed by atoms with Gasteiger partial charge < -0.3 is 14.8 Å². The van der Waals surface area contributed by atoms with Gasteiger partial charge in [-0.25, -0.2) is 9.18 Å². The molecule has 0 aliphatic heterocycles. The fourth-order valence-corrected chi connectivity index (χ4v) is 2.19. The van der Waals surface area contributed by atoms with Gasteiger partial charge in [0.25, 0.3) is 5.91 Å². The van der Waals surface area contributed by atoms with E-state index in [1.165, 1.54) is 18.2 Å². The highest BCUT2D eigenvalue weighted by molar-refractivity contribution is 9.10. The first-order chi connectivity index (χ1) is 11.5. The van der Waals surface area contributed by atoms with Gasteiger partial charge in [0.15, 0.2) is 6.61 Å². The molecular weight excluding hydrogens is 381 g/mol. The van der Waals surface area contributed by atoms with Gasteiger partial charge >= 0.3 is 5.97 Å². The van der Waals surface area contributed by atoms with Crippen molar-refractivity contribution in [1.29, 1.82) is 0 Å². The number of carbonyl (C=O) groups is 2. The van der Waals surface area contributed by atoms with Crippen molar-refractivity contribution in [3.63, 3.8) is 0 Å². The Balaban J connectivity index is 1.94. The number of rotatable bonds is 6. The van der Waals surface area contributed by atoms with Crippen molar-refractivity contribution >= 4 is 33.5 Å². The molecule has 0 aliphatic carbocycles. The van der Waals surface area contributed by atoms with E-state index in [-0.39, 0.29) is 18.9 Å². The van der Waals surface area contributed by atoms with E-state index >= 15 is 0 Å². The summed E-state index contributed by atoms with van der Waals surface area (Å²) in [5.74, 6) is -1.20. The van der Waals surface area contributed by atoms with Crippen molar-refractivity contribution in [2.24, 2.45) is 0 Å². The van der Waals surface area contributed by atoms with Crippen molar-refractivity contribution in [2.75, 3.05) is 18.5 Å². The van der Waals surface area contributed by atoms with Gasteiger partial charge in [-0.15, -0.1) is 0 Å². The minimum absolute atomic E-state index is 0.0621. The molecule has 0 bridgehead atoms. The topological polar surface area (TPSA) is 64.6 Å². The van der Waals surface area contributed by atoms with Crippen molar-refractivity contribution < 1.29 is 23.5 Å². The summed E-state index contributed by atoms with van der Waals surface area (Å²) in [7, 11) is 0. The smallest absolute Gasteiger partial charge is 0.338 e. The Morgan fingerprint density at radius 2 is 2.00 bits per heavy atom. The predicted octanol–water partition coefficient (Wildman–Crippen LogP) is 3.78. The number of ether oxygens (including phenoxy) is 2. The minimum atomic E-state index is -0.554. The third-order valence-corrected chi connectivity index (χ3v) is 3.41. The fourth-order valence-electron chi connectivity index (χ4n) is 1.85. The van der Waals surface area contributed by atoms with Crippen LogP contribution in [-0.2, 0) is 9.53 Å². The third-order valence-electron chi connectivity index (χ3n) is 2.92. The number of carbonyl (C=O) groups excluding carboxylic acids is 2. The van der Waals surface area contributed by atoms with Crippen molar-refractivity contribution in [3.05, 3.63) is 58.3 Å². The second-order valence-corrected chi connectivity index (χ2v) is 5.62. The summed E-state index contributed by atoms with van der Waals surface area (Å²) < 4.78 is 24.4. The molecule has 2 rings (SSSR count). The summed E-state index contributed by atoms with van der Waals surface area (Å²) in [6.45, 7) is 1.66. The fraction of sp³-hybridized carbons (Fsp3) is 0.176. The maximum atomic E-state index is 13.7. The van der Waals surface area contributed by atoms with E-state index in [1.54, 1.807) is 31.2 Å². The van der Waals surface area contributed by atoms with Gasteiger partial charge in [-0.1, -0.05) is 22.0 Å². The summed E-state index contributed by atoms with van der Waals surface area (Å²) in [4.78, 5) is 23.5. The van der Waals surface area contributed by atoms with Crippen LogP contribution in [0.2, 0.25) is 0 Å². The van der Waals surface area contributed by atoms with Crippen LogP contribution in [0.15, 0.2) is 46.9 Å². The average molecular weight is 396 g/mol. The average Bonchev–Trinajstić information content (AvgIpc) is 2.56. The second kappa shape index (κ2) is 8.44. The van der Waals surface area contributed by atoms with E-state index in [2.05, 4.69) is 21.2 Å². The third kappa shape index (κ3) is 5.06. The van der Waals surface area contributed by atoms with E-state index < -0.39 is 17.7 Å². The van der Waals surface area contributed by atoms with Crippen molar-refractivity contribution in [1.82, 2.24) is 0 Å². The maximum absolute atomic E-state index is 13.7. The summed E-state index contributed by atoms with van der Waals surface area (Å²) >= 11 is 3.14. The molecule has 0 aliphatic rings. The monoisotopic (exact) mass is 395 g/mol. The highest BCUT2D eigenvalue weighted by Crippen LogP contribution is 2.19.